The molecule has 0 radical (unpaired) electrons. The summed E-state index contributed by atoms with van der Waals surface area (Å²) >= 11 is 0. The number of nitrogens with two attached hydrogens (primary N) is 1. The first kappa shape index (κ1) is 7.19. The maximum Gasteiger partial charge on any atom is 0.0895 e. The lowest BCUT2D eigenvalue weighted by Gasteiger charge is -1.87. The van der Waals surface area contributed by atoms with E-state index in [0.29, 0.717) is 0 Å². The van der Waals surface area contributed by atoms with Gasteiger partial charge in [0.25, 0.3) is 0 Å². The Morgan fingerprint density at radius 2 is 2.33 bits per heavy atom. The highest BCUT2D eigenvalue weighted by Gasteiger charge is 1.75. The largest absolute Gasteiger partial charge is 0.285 e. The van der Waals surface area contributed by atoms with Gasteiger partial charge in [-0.3, -0.25) is 9.53 Å². The minimum atomic E-state index is 1.03. The summed E-state index contributed by atoms with van der Waals surface area (Å²) in [4.78, 5) is 0. The Kier molecular flexibility index (Phi) is 7.41. The van der Waals surface area contributed by atoms with Crippen LogP contribution in [0, 0.1) is 0 Å². The molecule has 38 valence electrons. The second-order valence-electron chi connectivity index (χ2n) is 0.452. The molecule has 0 spiro atoms. The van der Waals surface area contributed by atoms with Crippen molar-refractivity contribution in [2.45, 2.75) is 0 Å². The van der Waals surface area contributed by atoms with E-state index in [1.807, 2.05) is 0 Å². The van der Waals surface area contributed by atoms with E-state index in [-0.39, 0.29) is 0 Å². The standard InChI is InChI=1S/H6N2S3Si/c1-3-5-4-2-6/h2H,1H2,6H3. The van der Waals surface area contributed by atoms with Gasteiger partial charge in [0.1, 0.15) is 0 Å². The summed E-state index contributed by atoms with van der Waals surface area (Å²) in [5, 5.41) is 5.05. The second kappa shape index (κ2) is 6.19. The highest BCUT2D eigenvalue weighted by atomic mass is 33.5. The molecule has 0 saturated heterocycles. The fraction of sp³-hybridized carbons (Fsp3) is 0. The molecule has 0 aliphatic carbocycles. The van der Waals surface area contributed by atoms with Crippen molar-refractivity contribution < 1.29 is 0 Å². The van der Waals surface area contributed by atoms with E-state index in [1.54, 1.807) is 20.8 Å². The first-order chi connectivity index (χ1) is 2.91. The van der Waals surface area contributed by atoms with Gasteiger partial charge < -0.3 is 0 Å². The predicted molar refractivity (Wildman–Crippen MR) is 40.0 cm³/mol. The first-order valence-electron chi connectivity index (χ1n) is 1.27. The molecule has 2 nitrogen and oxygen atoms in total. The molecule has 0 aliphatic heterocycles. The van der Waals surface area contributed by atoms with Crippen molar-refractivity contribution in [2.75, 3.05) is 0 Å². The van der Waals surface area contributed by atoms with E-state index >= 15 is 0 Å². The molecule has 0 aromatic rings. The quantitative estimate of drug-likeness (QED) is 0.255. The molecule has 0 unspecified atom stereocenters. The van der Waals surface area contributed by atoms with E-state index in [2.05, 4.69) is 4.39 Å². The van der Waals surface area contributed by atoms with Gasteiger partial charge in [-0.1, -0.05) is 0 Å². The zero-order valence-corrected chi connectivity index (χ0v) is 7.75. The van der Waals surface area contributed by atoms with E-state index in [1.165, 1.54) is 11.0 Å². The Balaban J connectivity index is 2.34. The summed E-state index contributed by atoms with van der Waals surface area (Å²) in [6, 6.07) is 0. The lowest BCUT2D eigenvalue weighted by atomic mass is 13.9. The third-order valence-corrected chi connectivity index (χ3v) is 4.23. The summed E-state index contributed by atoms with van der Waals surface area (Å²) < 4.78 is 2.99. The Labute approximate surface area is 52.0 Å². The van der Waals surface area contributed by atoms with Crippen LogP contribution in [0.5, 0.6) is 0 Å². The van der Waals surface area contributed by atoms with Gasteiger partial charge in [-0.2, -0.15) is 0 Å². The van der Waals surface area contributed by atoms with Gasteiger partial charge in [0.05, 0.1) is 10.4 Å². The molecule has 0 aromatic carbocycles. The van der Waals surface area contributed by atoms with Gasteiger partial charge in [0, 0.05) is 9.83 Å². The lowest BCUT2D eigenvalue weighted by molar-refractivity contribution is 1.75. The van der Waals surface area contributed by atoms with Crippen LogP contribution in [-0.4, -0.2) is 10.4 Å². The molecule has 0 heterocycles. The van der Waals surface area contributed by atoms with Gasteiger partial charge >= 0.3 is 0 Å². The Hall–Kier alpha value is 1.19. The van der Waals surface area contributed by atoms with Crippen LogP contribution in [0.2, 0.25) is 0 Å². The molecule has 0 rings (SSSR count). The van der Waals surface area contributed by atoms with E-state index < -0.39 is 0 Å². The van der Waals surface area contributed by atoms with Gasteiger partial charge in [-0.15, -0.1) is 0 Å². The minimum Gasteiger partial charge on any atom is -0.285 e. The average molecular weight is 158 g/mol. The summed E-state index contributed by atoms with van der Waals surface area (Å²) in [6.07, 6.45) is 0. The smallest absolute Gasteiger partial charge is 0.0895 e. The van der Waals surface area contributed by atoms with E-state index in [0.717, 1.165) is 10.4 Å². The van der Waals surface area contributed by atoms with Crippen molar-refractivity contribution in [1.82, 2.24) is 4.39 Å². The third kappa shape index (κ3) is 5.19. The van der Waals surface area contributed by atoms with Crippen LogP contribution < -0.4 is 9.53 Å². The SMILES string of the molecule is NSSSN[SiH3]. The first-order valence-corrected chi connectivity index (χ1v) is 5.82. The van der Waals surface area contributed by atoms with Crippen LogP contribution in [0.1, 0.15) is 0 Å². The minimum absolute atomic E-state index is 1.03. The lowest BCUT2D eigenvalue weighted by Crippen LogP contribution is -1.88. The fourth-order valence-corrected chi connectivity index (χ4v) is 3.29. The second-order valence-corrected chi connectivity index (χ2v) is 5.29. The number of nitrogens with one attached hydrogen (secondary N) is 1. The molecule has 0 fully saturated rings. The monoisotopic (exact) mass is 158 g/mol. The molecule has 0 aromatic heterocycles. The molecule has 0 aliphatic rings. The molecule has 0 saturated carbocycles. The van der Waals surface area contributed by atoms with Crippen molar-refractivity contribution in [2.24, 2.45) is 5.14 Å². The predicted octanol–water partition coefficient (Wildman–Crippen LogP) is -0.325. The fourth-order valence-electron chi connectivity index (χ4n) is 0.0537. The summed E-state index contributed by atoms with van der Waals surface area (Å²) in [5.74, 6) is 0. The van der Waals surface area contributed by atoms with Gasteiger partial charge in [0.2, 0.25) is 0 Å². The Bertz CT molecular complexity index is 20.8. The van der Waals surface area contributed by atoms with Crippen molar-refractivity contribution >= 4 is 42.2 Å². The van der Waals surface area contributed by atoms with E-state index in [9.17, 15) is 0 Å². The summed E-state index contributed by atoms with van der Waals surface area (Å²) in [7, 11) is 5.41. The summed E-state index contributed by atoms with van der Waals surface area (Å²) in [5.41, 5.74) is 0. The molecule has 6 heavy (non-hydrogen) atoms. The normalized spacial score (nSPS) is 9.50. The van der Waals surface area contributed by atoms with Crippen LogP contribution in [0.4, 0.5) is 0 Å². The van der Waals surface area contributed by atoms with Gasteiger partial charge in [-0.05, 0) is 22.0 Å². The van der Waals surface area contributed by atoms with Crippen molar-refractivity contribution in [3.05, 3.63) is 0 Å². The molecule has 0 bridgehead atoms. The molecule has 0 amide bonds. The highest BCUT2D eigenvalue weighted by molar-refractivity contribution is 9.08. The maximum atomic E-state index is 5.05. The molecular weight excluding hydrogens is 152 g/mol. The molecule has 6 heteroatoms. The topological polar surface area (TPSA) is 38.0 Å². The number of rotatable bonds is 3. The number of hydrogen-bond donors (Lipinski definition) is 2. The van der Waals surface area contributed by atoms with E-state index in [4.69, 9.17) is 5.14 Å². The van der Waals surface area contributed by atoms with Crippen molar-refractivity contribution in [1.29, 1.82) is 0 Å². The van der Waals surface area contributed by atoms with Crippen LogP contribution in [-0.2, 0) is 0 Å². The van der Waals surface area contributed by atoms with Crippen LogP contribution in [0.25, 0.3) is 0 Å². The van der Waals surface area contributed by atoms with Gasteiger partial charge in [0.15, 0.2) is 0 Å². The molecule has 0 atom stereocenters. The van der Waals surface area contributed by atoms with Crippen LogP contribution in [0.15, 0.2) is 0 Å². The Morgan fingerprint density at radius 3 is 2.50 bits per heavy atom. The molecular formula is H6N2S3Si. The zero-order chi connectivity index (χ0) is 4.83. The molecule has 3 N–H and O–H groups in total. The highest BCUT2D eigenvalue weighted by Crippen LogP contribution is 2.25. The third-order valence-electron chi connectivity index (χ3n) is 0.157. The van der Waals surface area contributed by atoms with Crippen molar-refractivity contribution in [3.8, 4) is 0 Å². The van der Waals surface area contributed by atoms with Crippen LogP contribution >= 0.6 is 31.8 Å². The van der Waals surface area contributed by atoms with Crippen molar-refractivity contribution in [3.63, 3.8) is 0 Å². The van der Waals surface area contributed by atoms with Crippen LogP contribution in [0.3, 0.4) is 0 Å². The Morgan fingerprint density at radius 1 is 1.67 bits per heavy atom. The number of hydrogen-bond acceptors (Lipinski definition) is 5. The maximum absolute atomic E-state index is 5.05. The average Bonchev–Trinajstić information content (AvgIpc) is 1.61. The summed E-state index contributed by atoms with van der Waals surface area (Å²) in [6.45, 7) is 0. The van der Waals surface area contributed by atoms with Gasteiger partial charge in [-0.25, -0.2) is 0 Å². The zero-order valence-electron chi connectivity index (χ0n) is 3.30.